The maximum atomic E-state index is 5.07. The van der Waals surface area contributed by atoms with Crippen LogP contribution in [0.2, 0.25) is 0 Å². The Labute approximate surface area is 168 Å². The minimum absolute atomic E-state index is 0.975. The molecule has 3 aromatic heterocycles. The summed E-state index contributed by atoms with van der Waals surface area (Å²) in [5, 5.41) is 3.40. The highest BCUT2D eigenvalue weighted by atomic mass is 15.0. The molecule has 0 unspecified atom stereocenters. The van der Waals surface area contributed by atoms with Crippen molar-refractivity contribution in [2.75, 3.05) is 0 Å². The maximum absolute atomic E-state index is 5.07. The van der Waals surface area contributed by atoms with E-state index in [4.69, 9.17) is 9.97 Å². The lowest BCUT2D eigenvalue weighted by atomic mass is 10.00. The fraction of sp³-hybridized carbons (Fsp3) is 0.0769. The molecule has 0 saturated heterocycles. The Morgan fingerprint density at radius 3 is 2.31 bits per heavy atom. The molecule has 0 fully saturated rings. The fourth-order valence-electron chi connectivity index (χ4n) is 4.54. The van der Waals surface area contributed by atoms with Crippen molar-refractivity contribution in [1.29, 1.82) is 0 Å². The van der Waals surface area contributed by atoms with Gasteiger partial charge in [-0.15, -0.1) is 0 Å². The van der Waals surface area contributed by atoms with Crippen molar-refractivity contribution in [2.24, 2.45) is 0 Å². The van der Waals surface area contributed by atoms with Gasteiger partial charge in [0.2, 0.25) is 0 Å². The topological polar surface area (TPSA) is 30.2 Å². The number of hydrogen-bond acceptors (Lipinski definition) is 2. The molecule has 0 bridgehead atoms. The first-order valence-corrected chi connectivity index (χ1v) is 9.86. The van der Waals surface area contributed by atoms with Gasteiger partial charge in [-0.1, -0.05) is 60.7 Å². The second-order valence-electron chi connectivity index (χ2n) is 7.66. The van der Waals surface area contributed by atoms with Crippen LogP contribution in [-0.2, 0) is 0 Å². The number of para-hydroxylation sites is 1. The van der Waals surface area contributed by atoms with Crippen LogP contribution >= 0.6 is 0 Å². The smallest absolute Gasteiger partial charge is 0.145 e. The number of imidazole rings is 1. The highest BCUT2D eigenvalue weighted by Gasteiger charge is 2.17. The van der Waals surface area contributed by atoms with Crippen molar-refractivity contribution in [1.82, 2.24) is 14.4 Å². The Bertz CT molecular complexity index is 1550. The van der Waals surface area contributed by atoms with E-state index in [2.05, 4.69) is 85.0 Å². The van der Waals surface area contributed by atoms with Gasteiger partial charge >= 0.3 is 0 Å². The quantitative estimate of drug-likeness (QED) is 0.244. The van der Waals surface area contributed by atoms with Gasteiger partial charge in [0, 0.05) is 21.7 Å². The minimum Gasteiger partial charge on any atom is -0.290 e. The van der Waals surface area contributed by atoms with Gasteiger partial charge in [0.15, 0.2) is 0 Å². The fourth-order valence-corrected chi connectivity index (χ4v) is 4.54. The molecule has 0 radical (unpaired) electrons. The van der Waals surface area contributed by atoms with Crippen molar-refractivity contribution < 1.29 is 0 Å². The van der Waals surface area contributed by atoms with Gasteiger partial charge in [0.1, 0.15) is 5.65 Å². The summed E-state index contributed by atoms with van der Waals surface area (Å²) in [6, 6.07) is 25.4. The van der Waals surface area contributed by atoms with E-state index in [0.29, 0.717) is 0 Å². The number of aromatic nitrogens is 3. The Kier molecular flexibility index (Phi) is 3.30. The number of rotatable bonds is 1. The lowest BCUT2D eigenvalue weighted by molar-refractivity contribution is 1.24. The number of fused-ring (bicyclic) bond motifs is 7. The van der Waals surface area contributed by atoms with Crippen LogP contribution < -0.4 is 0 Å². The molecule has 3 heteroatoms. The highest BCUT2D eigenvalue weighted by molar-refractivity contribution is 6.12. The number of benzene rings is 3. The first-order valence-electron chi connectivity index (χ1n) is 9.86. The lowest BCUT2D eigenvalue weighted by Gasteiger charge is -2.14. The third-order valence-corrected chi connectivity index (χ3v) is 5.87. The standard InChI is InChI=1S/C26H19N3/c1-16-8-7-9-17(2)24(16)23-15-27-26-20-12-5-4-11-19(20)25-22(29(23)26)14-18-10-3-6-13-21(18)28-25/h3-15H,1-2H3. The van der Waals surface area contributed by atoms with Crippen molar-refractivity contribution in [3.8, 4) is 11.3 Å². The van der Waals surface area contributed by atoms with Crippen LogP contribution in [0.25, 0.3) is 49.6 Å². The summed E-state index contributed by atoms with van der Waals surface area (Å²) in [4.78, 5) is 9.94. The number of nitrogens with zero attached hydrogens (tertiary/aromatic N) is 3. The second kappa shape index (κ2) is 5.89. The summed E-state index contributed by atoms with van der Waals surface area (Å²) >= 11 is 0. The predicted octanol–water partition coefficient (Wildman–Crippen LogP) is 6.47. The van der Waals surface area contributed by atoms with E-state index in [1.165, 1.54) is 16.7 Å². The molecule has 0 saturated carbocycles. The second-order valence-corrected chi connectivity index (χ2v) is 7.66. The molecule has 29 heavy (non-hydrogen) atoms. The third-order valence-electron chi connectivity index (χ3n) is 5.87. The summed E-state index contributed by atoms with van der Waals surface area (Å²) in [7, 11) is 0. The molecule has 0 atom stereocenters. The number of pyridine rings is 2. The molecule has 0 amide bonds. The Morgan fingerprint density at radius 2 is 1.48 bits per heavy atom. The van der Waals surface area contributed by atoms with Gasteiger partial charge in [0.25, 0.3) is 0 Å². The van der Waals surface area contributed by atoms with Gasteiger partial charge in [-0.2, -0.15) is 0 Å². The van der Waals surface area contributed by atoms with Crippen LogP contribution in [0.3, 0.4) is 0 Å². The van der Waals surface area contributed by atoms with Crippen LogP contribution in [-0.4, -0.2) is 14.4 Å². The number of hydrogen-bond donors (Lipinski definition) is 0. The molecular weight excluding hydrogens is 354 g/mol. The SMILES string of the molecule is Cc1cccc(C)c1-c1cnc2c3ccccc3c3nc4ccccc4cc3n12. The van der Waals surface area contributed by atoms with Gasteiger partial charge in [0.05, 0.1) is 28.4 Å². The molecule has 6 rings (SSSR count). The number of aryl methyl sites for hydroxylation is 2. The normalized spacial score (nSPS) is 11.8. The van der Waals surface area contributed by atoms with Gasteiger partial charge in [-0.3, -0.25) is 4.40 Å². The van der Waals surface area contributed by atoms with Gasteiger partial charge in [-0.25, -0.2) is 9.97 Å². The lowest BCUT2D eigenvalue weighted by Crippen LogP contribution is -1.98. The average molecular weight is 373 g/mol. The zero-order valence-electron chi connectivity index (χ0n) is 16.3. The average Bonchev–Trinajstić information content (AvgIpc) is 3.18. The molecular formula is C26H19N3. The monoisotopic (exact) mass is 373 g/mol. The molecule has 3 heterocycles. The molecule has 0 aliphatic heterocycles. The summed E-state index contributed by atoms with van der Waals surface area (Å²) in [5.74, 6) is 0. The molecule has 0 aliphatic rings. The first kappa shape index (κ1) is 16.3. The van der Waals surface area contributed by atoms with E-state index in [-0.39, 0.29) is 0 Å². The molecule has 0 N–H and O–H groups in total. The van der Waals surface area contributed by atoms with Crippen molar-refractivity contribution in [2.45, 2.75) is 13.8 Å². The van der Waals surface area contributed by atoms with Crippen molar-refractivity contribution in [3.63, 3.8) is 0 Å². The van der Waals surface area contributed by atoms with E-state index in [1.807, 2.05) is 12.3 Å². The van der Waals surface area contributed by atoms with Crippen LogP contribution in [0, 0.1) is 13.8 Å². The summed E-state index contributed by atoms with van der Waals surface area (Å²) in [5.41, 5.74) is 8.95. The van der Waals surface area contributed by atoms with Crippen LogP contribution in [0.5, 0.6) is 0 Å². The largest absolute Gasteiger partial charge is 0.290 e. The summed E-state index contributed by atoms with van der Waals surface area (Å²) < 4.78 is 2.28. The predicted molar refractivity (Wildman–Crippen MR) is 120 cm³/mol. The van der Waals surface area contributed by atoms with Crippen LogP contribution in [0.1, 0.15) is 11.1 Å². The zero-order chi connectivity index (χ0) is 19.5. The molecule has 0 spiro atoms. The van der Waals surface area contributed by atoms with E-state index in [1.54, 1.807) is 0 Å². The molecule has 6 aromatic rings. The van der Waals surface area contributed by atoms with Gasteiger partial charge in [-0.05, 0) is 37.1 Å². The summed E-state index contributed by atoms with van der Waals surface area (Å²) in [6.45, 7) is 4.33. The summed E-state index contributed by atoms with van der Waals surface area (Å²) in [6.07, 6.45) is 2.01. The Hall–Kier alpha value is -3.72. The Balaban J connectivity index is 1.90. The van der Waals surface area contributed by atoms with E-state index < -0.39 is 0 Å². The first-order chi connectivity index (χ1) is 14.2. The van der Waals surface area contributed by atoms with Crippen molar-refractivity contribution in [3.05, 3.63) is 90.1 Å². The van der Waals surface area contributed by atoms with Crippen molar-refractivity contribution >= 4 is 38.4 Å². The van der Waals surface area contributed by atoms with Crippen LogP contribution in [0.15, 0.2) is 79.0 Å². The molecule has 3 aromatic carbocycles. The third kappa shape index (κ3) is 2.24. The minimum atomic E-state index is 0.975. The zero-order valence-corrected chi connectivity index (χ0v) is 16.3. The molecule has 138 valence electrons. The van der Waals surface area contributed by atoms with E-state index in [9.17, 15) is 0 Å². The van der Waals surface area contributed by atoms with Gasteiger partial charge < -0.3 is 0 Å². The Morgan fingerprint density at radius 1 is 0.759 bits per heavy atom. The maximum Gasteiger partial charge on any atom is 0.145 e. The molecule has 3 nitrogen and oxygen atoms in total. The van der Waals surface area contributed by atoms with Crippen LogP contribution in [0.4, 0.5) is 0 Å². The highest BCUT2D eigenvalue weighted by Crippen LogP contribution is 2.35. The molecule has 0 aliphatic carbocycles. The van der Waals surface area contributed by atoms with E-state index >= 15 is 0 Å². The van der Waals surface area contributed by atoms with E-state index in [0.717, 1.165) is 44.0 Å².